The molecule has 2 unspecified atom stereocenters. The van der Waals surface area contributed by atoms with Crippen LogP contribution in [0.25, 0.3) is 0 Å². The molecule has 5 heteroatoms. The lowest BCUT2D eigenvalue weighted by atomic mass is 9.65. The van der Waals surface area contributed by atoms with Gasteiger partial charge in [0.05, 0.1) is 19.3 Å². The Labute approximate surface area is 272 Å². The number of ether oxygens (including phenoxy) is 2. The molecule has 0 spiro atoms. The Balaban J connectivity index is 1.99. The maximum atomic E-state index is 14.8. The third kappa shape index (κ3) is 7.99. The molecule has 2 fully saturated rings. The number of amides is 1. The minimum Gasteiger partial charge on any atom is -0.493 e. The zero-order valence-corrected chi connectivity index (χ0v) is 28.9. The number of hydrogen-bond acceptors (Lipinski definition) is 4. The number of likely N-dealkylation sites (tertiary alicyclic amines) is 1. The van der Waals surface area contributed by atoms with Gasteiger partial charge in [-0.05, 0) is 77.6 Å². The van der Waals surface area contributed by atoms with E-state index in [4.69, 9.17) is 9.47 Å². The average molecular weight is 613 g/mol. The number of nitrogens with zero attached hydrogens (tertiary/aromatic N) is 1. The summed E-state index contributed by atoms with van der Waals surface area (Å²) in [5.74, 6) is 0.690. The van der Waals surface area contributed by atoms with E-state index < -0.39 is 11.5 Å². The van der Waals surface area contributed by atoms with E-state index in [2.05, 4.69) is 114 Å². The van der Waals surface area contributed by atoms with Crippen LogP contribution in [0.3, 0.4) is 0 Å². The van der Waals surface area contributed by atoms with Crippen molar-refractivity contribution in [2.75, 3.05) is 39.4 Å². The van der Waals surface area contributed by atoms with Crippen LogP contribution in [0.5, 0.6) is 5.75 Å². The molecule has 3 aliphatic rings. The second-order valence-corrected chi connectivity index (χ2v) is 14.6. The van der Waals surface area contributed by atoms with Gasteiger partial charge in [-0.25, -0.2) is 0 Å². The van der Waals surface area contributed by atoms with Crippen molar-refractivity contribution in [2.45, 2.75) is 91.1 Å². The quantitative estimate of drug-likeness (QED) is 0.256. The smallest absolute Gasteiger partial charge is 0.239 e. The van der Waals surface area contributed by atoms with E-state index in [9.17, 15) is 4.79 Å². The van der Waals surface area contributed by atoms with Crippen molar-refractivity contribution in [3.05, 3.63) is 101 Å². The highest BCUT2D eigenvalue weighted by Crippen LogP contribution is 2.51. The molecule has 1 aromatic rings. The molecule has 5 nitrogen and oxygen atoms in total. The van der Waals surface area contributed by atoms with Gasteiger partial charge >= 0.3 is 0 Å². The van der Waals surface area contributed by atoms with E-state index in [-0.39, 0.29) is 16.7 Å². The molecule has 2 saturated heterocycles. The third-order valence-electron chi connectivity index (χ3n) is 9.15. The molecule has 0 saturated carbocycles. The number of benzene rings is 1. The third-order valence-corrected chi connectivity index (χ3v) is 9.15. The SMILES string of the molecule is C=C/C=C\C=C1/CNC(=O)C1(C1=CC(C(C)(C)C)=CC=CC1OCCN1CCCCC1)c1cc(C(C)(C)C)ccc1OCCC. The lowest BCUT2D eigenvalue weighted by Gasteiger charge is -2.38. The molecule has 1 amide bonds. The highest BCUT2D eigenvalue weighted by molar-refractivity contribution is 6.00. The van der Waals surface area contributed by atoms with E-state index in [1.54, 1.807) is 6.08 Å². The molecule has 45 heavy (non-hydrogen) atoms. The average Bonchev–Trinajstić information content (AvgIpc) is 3.16. The summed E-state index contributed by atoms with van der Waals surface area (Å²) in [4.78, 5) is 17.3. The second kappa shape index (κ2) is 15.0. The number of rotatable bonds is 11. The molecule has 244 valence electrons. The van der Waals surface area contributed by atoms with Gasteiger partial charge in [0.2, 0.25) is 5.91 Å². The van der Waals surface area contributed by atoms with Gasteiger partial charge < -0.3 is 19.7 Å². The van der Waals surface area contributed by atoms with Crippen molar-refractivity contribution in [1.82, 2.24) is 10.2 Å². The highest BCUT2D eigenvalue weighted by Gasteiger charge is 2.54. The van der Waals surface area contributed by atoms with E-state index in [1.807, 2.05) is 12.2 Å². The predicted octanol–water partition coefficient (Wildman–Crippen LogP) is 8.15. The van der Waals surface area contributed by atoms with Crippen LogP contribution < -0.4 is 10.1 Å². The van der Waals surface area contributed by atoms with Crippen LogP contribution in [-0.2, 0) is 20.4 Å². The molecular formula is C40H56N2O3. The summed E-state index contributed by atoms with van der Waals surface area (Å²) >= 11 is 0. The number of piperidine rings is 1. The molecule has 0 bridgehead atoms. The Hall–Kier alpha value is -3.15. The summed E-state index contributed by atoms with van der Waals surface area (Å²) in [6, 6.07) is 6.42. The van der Waals surface area contributed by atoms with Crippen LogP contribution in [0.1, 0.15) is 85.3 Å². The molecular weight excluding hydrogens is 556 g/mol. The van der Waals surface area contributed by atoms with Crippen molar-refractivity contribution >= 4 is 5.91 Å². The Morgan fingerprint density at radius 1 is 1.04 bits per heavy atom. The van der Waals surface area contributed by atoms with Gasteiger partial charge in [-0.15, -0.1) is 0 Å². The van der Waals surface area contributed by atoms with Crippen LogP contribution in [0.2, 0.25) is 0 Å². The number of carbonyl (C=O) groups excluding carboxylic acids is 1. The lowest BCUT2D eigenvalue weighted by Crippen LogP contribution is -2.44. The molecule has 1 N–H and O–H groups in total. The summed E-state index contributed by atoms with van der Waals surface area (Å²) in [7, 11) is 0. The van der Waals surface area contributed by atoms with Gasteiger partial charge in [0, 0.05) is 18.7 Å². The second-order valence-electron chi connectivity index (χ2n) is 14.6. The van der Waals surface area contributed by atoms with E-state index in [1.165, 1.54) is 19.3 Å². The van der Waals surface area contributed by atoms with Crippen LogP contribution in [0.15, 0.2) is 90.1 Å². The summed E-state index contributed by atoms with van der Waals surface area (Å²) in [6.45, 7) is 24.0. The molecule has 1 aromatic carbocycles. The van der Waals surface area contributed by atoms with Crippen LogP contribution >= 0.6 is 0 Å². The highest BCUT2D eigenvalue weighted by atomic mass is 16.5. The molecule has 2 heterocycles. The van der Waals surface area contributed by atoms with Gasteiger partial charge in [0.25, 0.3) is 0 Å². The fraction of sp³-hybridized carbons (Fsp3) is 0.525. The summed E-state index contributed by atoms with van der Waals surface area (Å²) in [5, 5.41) is 3.26. The maximum Gasteiger partial charge on any atom is 0.239 e. The van der Waals surface area contributed by atoms with Crippen molar-refractivity contribution < 1.29 is 14.3 Å². The molecule has 4 rings (SSSR count). The van der Waals surface area contributed by atoms with Gasteiger partial charge in [0.1, 0.15) is 11.2 Å². The first-order chi connectivity index (χ1) is 21.4. The molecule has 1 aliphatic carbocycles. The maximum absolute atomic E-state index is 14.8. The summed E-state index contributed by atoms with van der Waals surface area (Å²) < 4.78 is 13.3. The molecule has 2 atom stereocenters. The normalized spacial score (nSPS) is 24.0. The monoisotopic (exact) mass is 612 g/mol. The van der Waals surface area contributed by atoms with E-state index in [0.717, 1.165) is 59.7 Å². The first-order valence-electron chi connectivity index (χ1n) is 16.9. The number of hydrogen-bond donors (Lipinski definition) is 1. The topological polar surface area (TPSA) is 50.8 Å². The Kier molecular flexibility index (Phi) is 11.5. The molecule has 0 radical (unpaired) electrons. The summed E-state index contributed by atoms with van der Waals surface area (Å²) in [5.41, 5.74) is 3.67. The first kappa shape index (κ1) is 34.7. The van der Waals surface area contributed by atoms with Crippen molar-refractivity contribution in [1.29, 1.82) is 0 Å². The zero-order chi connectivity index (χ0) is 32.7. The number of carbonyl (C=O) groups is 1. The van der Waals surface area contributed by atoms with E-state index >= 15 is 0 Å². The van der Waals surface area contributed by atoms with Crippen LogP contribution in [0, 0.1) is 5.41 Å². The minimum atomic E-state index is -1.13. The van der Waals surface area contributed by atoms with E-state index in [0.29, 0.717) is 19.8 Å². The van der Waals surface area contributed by atoms with Crippen LogP contribution in [-0.4, -0.2) is 56.3 Å². The Bertz CT molecular complexity index is 1360. The zero-order valence-electron chi connectivity index (χ0n) is 28.9. The molecule has 2 aliphatic heterocycles. The largest absolute Gasteiger partial charge is 0.493 e. The van der Waals surface area contributed by atoms with Gasteiger partial charge in [-0.3, -0.25) is 4.79 Å². The standard InChI is InChI=1S/C40H56N2O3/c1-9-11-13-17-32-29-41-37(43)40(32,34-28-31(39(6,7)8)20-21-36(34)44-25-10-2)33-27-30(38(3,4)5)18-16-19-35(33)45-26-24-42-22-14-12-15-23-42/h9,11,13,16-21,27-28,35H,1,10,12,14-15,22-26,29H2,2-8H3,(H,41,43)/b13-11-,32-17+. The lowest BCUT2D eigenvalue weighted by molar-refractivity contribution is -0.122. The van der Waals surface area contributed by atoms with Gasteiger partial charge in [-0.2, -0.15) is 0 Å². The number of allylic oxidation sites excluding steroid dienone is 8. The predicted molar refractivity (Wildman–Crippen MR) is 188 cm³/mol. The number of nitrogens with one attached hydrogen (secondary N) is 1. The fourth-order valence-electron chi connectivity index (χ4n) is 6.50. The summed E-state index contributed by atoms with van der Waals surface area (Å²) in [6.07, 6.45) is 20.7. The Morgan fingerprint density at radius 2 is 1.80 bits per heavy atom. The minimum absolute atomic E-state index is 0.0485. The first-order valence-corrected chi connectivity index (χ1v) is 16.9. The molecule has 0 aromatic heterocycles. The van der Waals surface area contributed by atoms with Gasteiger partial charge in [-0.1, -0.05) is 116 Å². The van der Waals surface area contributed by atoms with Crippen LogP contribution in [0.4, 0.5) is 0 Å². The fourth-order valence-corrected chi connectivity index (χ4v) is 6.50. The Morgan fingerprint density at radius 3 is 2.47 bits per heavy atom. The van der Waals surface area contributed by atoms with Crippen molar-refractivity contribution in [2.24, 2.45) is 5.41 Å². The van der Waals surface area contributed by atoms with Crippen molar-refractivity contribution in [3.8, 4) is 5.75 Å². The van der Waals surface area contributed by atoms with Crippen molar-refractivity contribution in [3.63, 3.8) is 0 Å². The van der Waals surface area contributed by atoms with Gasteiger partial charge in [0.15, 0.2) is 0 Å².